The van der Waals surface area contributed by atoms with Crippen molar-refractivity contribution in [2.45, 2.75) is 44.1 Å². The number of carbonyl (C=O) groups excluding carboxylic acids is 2. The van der Waals surface area contributed by atoms with Crippen molar-refractivity contribution in [3.8, 4) is 0 Å². The molecule has 1 heterocycles. The van der Waals surface area contributed by atoms with Crippen LogP contribution in [0.2, 0.25) is 0 Å². The second-order valence-electron chi connectivity index (χ2n) is 5.69. The molecule has 1 unspecified atom stereocenters. The monoisotopic (exact) mass is 275 g/mol. The minimum Gasteiger partial charge on any atom is -0.352 e. The van der Waals surface area contributed by atoms with Gasteiger partial charge in [-0.2, -0.15) is 0 Å². The Morgan fingerprint density at radius 1 is 1.58 bits per heavy atom. The zero-order valence-electron chi connectivity index (χ0n) is 10.9. The third-order valence-corrected chi connectivity index (χ3v) is 4.16. The van der Waals surface area contributed by atoms with Crippen molar-refractivity contribution < 1.29 is 18.4 Å². The molecule has 0 aromatic heterocycles. The summed E-state index contributed by atoms with van der Waals surface area (Å²) < 4.78 is 26.4. The van der Waals surface area contributed by atoms with Gasteiger partial charge in [0.2, 0.25) is 11.8 Å². The third-order valence-electron chi connectivity index (χ3n) is 4.16. The van der Waals surface area contributed by atoms with Gasteiger partial charge >= 0.3 is 6.03 Å². The standard InChI is InChI=1S/C12H19F2N3O2/c1-11(6-8-2-3-12(13,14)7-8)9(18)16-4-5-17(11)10(15)19/h8H,2-7H2,1H3,(H2,15,19)(H,16,18)/t8-,11?/m1/s1. The second kappa shape index (κ2) is 4.61. The molecule has 1 aliphatic carbocycles. The molecular formula is C12H19F2N3O2. The van der Waals surface area contributed by atoms with E-state index in [-0.39, 0.29) is 31.1 Å². The fourth-order valence-electron chi connectivity index (χ4n) is 3.18. The van der Waals surface area contributed by atoms with Crippen LogP contribution in [-0.2, 0) is 4.79 Å². The Balaban J connectivity index is 2.14. The van der Waals surface area contributed by atoms with Gasteiger partial charge < -0.3 is 16.0 Å². The van der Waals surface area contributed by atoms with Gasteiger partial charge in [0.15, 0.2) is 0 Å². The van der Waals surface area contributed by atoms with Crippen LogP contribution in [0, 0.1) is 5.92 Å². The molecule has 3 N–H and O–H groups in total. The van der Waals surface area contributed by atoms with Crippen molar-refractivity contribution in [2.24, 2.45) is 11.7 Å². The summed E-state index contributed by atoms with van der Waals surface area (Å²) in [6, 6.07) is -0.679. The molecule has 7 heteroatoms. The number of hydrogen-bond donors (Lipinski definition) is 2. The molecule has 0 spiro atoms. The molecule has 0 radical (unpaired) electrons. The maximum Gasteiger partial charge on any atom is 0.315 e. The molecular weight excluding hydrogens is 256 g/mol. The topological polar surface area (TPSA) is 75.4 Å². The van der Waals surface area contributed by atoms with E-state index in [0.29, 0.717) is 19.5 Å². The highest BCUT2D eigenvalue weighted by molar-refractivity contribution is 5.91. The van der Waals surface area contributed by atoms with Gasteiger partial charge in [0.1, 0.15) is 5.54 Å². The predicted molar refractivity (Wildman–Crippen MR) is 64.6 cm³/mol. The molecule has 2 fully saturated rings. The number of nitrogens with zero attached hydrogens (tertiary/aromatic N) is 1. The average molecular weight is 275 g/mol. The molecule has 0 bridgehead atoms. The van der Waals surface area contributed by atoms with Gasteiger partial charge in [-0.05, 0) is 25.7 Å². The first-order chi connectivity index (χ1) is 8.74. The summed E-state index contributed by atoms with van der Waals surface area (Å²) in [6.07, 6.45) is 0.244. The first-order valence-corrected chi connectivity index (χ1v) is 6.48. The van der Waals surface area contributed by atoms with Crippen LogP contribution in [0.3, 0.4) is 0 Å². The lowest BCUT2D eigenvalue weighted by Crippen LogP contribution is -2.66. The van der Waals surface area contributed by atoms with Crippen LogP contribution in [0.1, 0.15) is 32.6 Å². The molecule has 0 aromatic carbocycles. The molecule has 19 heavy (non-hydrogen) atoms. The van der Waals surface area contributed by atoms with Crippen LogP contribution in [0.4, 0.5) is 13.6 Å². The molecule has 1 aliphatic heterocycles. The molecule has 3 amide bonds. The molecule has 2 aliphatic rings. The highest BCUT2D eigenvalue weighted by Gasteiger charge is 2.49. The summed E-state index contributed by atoms with van der Waals surface area (Å²) in [4.78, 5) is 24.8. The highest BCUT2D eigenvalue weighted by Crippen LogP contribution is 2.43. The molecule has 0 aromatic rings. The van der Waals surface area contributed by atoms with Gasteiger partial charge in [-0.15, -0.1) is 0 Å². The number of alkyl halides is 2. The Morgan fingerprint density at radius 3 is 2.79 bits per heavy atom. The van der Waals surface area contributed by atoms with Gasteiger partial charge in [-0.1, -0.05) is 0 Å². The Labute approximate surface area is 110 Å². The van der Waals surface area contributed by atoms with E-state index < -0.39 is 17.5 Å². The van der Waals surface area contributed by atoms with E-state index in [4.69, 9.17) is 5.73 Å². The number of halogens is 2. The predicted octanol–water partition coefficient (Wildman–Crippen LogP) is 1.08. The van der Waals surface area contributed by atoms with Crippen LogP contribution in [0.25, 0.3) is 0 Å². The van der Waals surface area contributed by atoms with Crippen LogP contribution in [0.5, 0.6) is 0 Å². The van der Waals surface area contributed by atoms with Gasteiger partial charge in [-0.25, -0.2) is 13.6 Å². The number of piperazine rings is 1. The smallest absolute Gasteiger partial charge is 0.315 e. The maximum atomic E-state index is 13.2. The quantitative estimate of drug-likeness (QED) is 0.791. The summed E-state index contributed by atoms with van der Waals surface area (Å²) in [5.41, 5.74) is 4.18. The fraction of sp³-hybridized carbons (Fsp3) is 0.833. The summed E-state index contributed by atoms with van der Waals surface area (Å²) in [5.74, 6) is -3.22. The van der Waals surface area contributed by atoms with Crippen molar-refractivity contribution in [1.82, 2.24) is 10.2 Å². The summed E-state index contributed by atoms with van der Waals surface area (Å²) >= 11 is 0. The SMILES string of the molecule is CC1(C[C@H]2CCC(F)(F)C2)C(=O)NCCN1C(N)=O. The molecule has 1 saturated heterocycles. The molecule has 1 saturated carbocycles. The average Bonchev–Trinajstić information content (AvgIpc) is 2.61. The minimum atomic E-state index is -2.65. The number of nitrogens with two attached hydrogens (primary N) is 1. The number of primary amides is 1. The Kier molecular flexibility index (Phi) is 3.40. The van der Waals surface area contributed by atoms with Gasteiger partial charge in [0, 0.05) is 25.9 Å². The largest absolute Gasteiger partial charge is 0.352 e. The van der Waals surface area contributed by atoms with Crippen molar-refractivity contribution in [2.75, 3.05) is 13.1 Å². The Bertz CT molecular complexity index is 402. The Morgan fingerprint density at radius 2 is 2.26 bits per heavy atom. The first kappa shape index (κ1) is 14.0. The van der Waals surface area contributed by atoms with Crippen molar-refractivity contribution in [3.63, 3.8) is 0 Å². The van der Waals surface area contributed by atoms with Gasteiger partial charge in [0.25, 0.3) is 0 Å². The van der Waals surface area contributed by atoms with Crippen LogP contribution in [0.15, 0.2) is 0 Å². The molecule has 2 rings (SSSR count). The van der Waals surface area contributed by atoms with E-state index in [2.05, 4.69) is 5.32 Å². The summed E-state index contributed by atoms with van der Waals surface area (Å²) in [5, 5.41) is 2.68. The molecule has 2 atom stereocenters. The van der Waals surface area contributed by atoms with Crippen LogP contribution in [-0.4, -0.2) is 41.4 Å². The zero-order chi connectivity index (χ0) is 14.3. The van der Waals surface area contributed by atoms with Crippen molar-refractivity contribution >= 4 is 11.9 Å². The number of carbonyl (C=O) groups is 2. The third kappa shape index (κ3) is 2.64. The molecule has 5 nitrogen and oxygen atoms in total. The Hall–Kier alpha value is -1.40. The summed E-state index contributed by atoms with van der Waals surface area (Å²) in [6.45, 7) is 2.27. The van der Waals surface area contributed by atoms with E-state index in [9.17, 15) is 18.4 Å². The highest BCUT2D eigenvalue weighted by atomic mass is 19.3. The zero-order valence-corrected chi connectivity index (χ0v) is 10.9. The van der Waals surface area contributed by atoms with E-state index in [1.807, 2.05) is 0 Å². The lowest BCUT2D eigenvalue weighted by Gasteiger charge is -2.43. The van der Waals surface area contributed by atoms with E-state index in [0.717, 1.165) is 0 Å². The minimum absolute atomic E-state index is 0.147. The normalized spacial score (nSPS) is 34.2. The molecule has 108 valence electrons. The lowest BCUT2D eigenvalue weighted by molar-refractivity contribution is -0.135. The van der Waals surface area contributed by atoms with Crippen molar-refractivity contribution in [1.29, 1.82) is 0 Å². The second-order valence-corrected chi connectivity index (χ2v) is 5.69. The lowest BCUT2D eigenvalue weighted by atomic mass is 9.84. The fourth-order valence-corrected chi connectivity index (χ4v) is 3.18. The van der Waals surface area contributed by atoms with Gasteiger partial charge in [-0.3, -0.25) is 4.79 Å². The van der Waals surface area contributed by atoms with Crippen LogP contribution < -0.4 is 11.1 Å². The number of rotatable bonds is 2. The van der Waals surface area contributed by atoms with Crippen LogP contribution >= 0.6 is 0 Å². The van der Waals surface area contributed by atoms with E-state index >= 15 is 0 Å². The number of nitrogens with one attached hydrogen (secondary N) is 1. The first-order valence-electron chi connectivity index (χ1n) is 6.48. The van der Waals surface area contributed by atoms with E-state index in [1.54, 1.807) is 6.92 Å². The maximum absolute atomic E-state index is 13.2. The van der Waals surface area contributed by atoms with Gasteiger partial charge in [0.05, 0.1) is 0 Å². The summed E-state index contributed by atoms with van der Waals surface area (Å²) in [7, 11) is 0. The van der Waals surface area contributed by atoms with Crippen molar-refractivity contribution in [3.05, 3.63) is 0 Å². The number of hydrogen-bond acceptors (Lipinski definition) is 2. The number of amides is 3. The van der Waals surface area contributed by atoms with E-state index in [1.165, 1.54) is 4.90 Å². The number of urea groups is 1.